The van der Waals surface area contributed by atoms with E-state index in [4.69, 9.17) is 19.9 Å². The first-order chi connectivity index (χ1) is 10.3. The fourth-order valence-electron chi connectivity index (χ4n) is 1.87. The molecular formula is C14H19F2NO5. The first-order valence-corrected chi connectivity index (χ1v) is 6.43. The van der Waals surface area contributed by atoms with E-state index in [0.717, 1.165) is 0 Å². The number of hydrogen-bond donors (Lipinski definition) is 1. The van der Waals surface area contributed by atoms with Crippen LogP contribution in [0.1, 0.15) is 18.5 Å². The van der Waals surface area contributed by atoms with Gasteiger partial charge in [0.15, 0.2) is 0 Å². The molecule has 0 aromatic heterocycles. The number of carbonyl (C=O) groups is 1. The van der Waals surface area contributed by atoms with Crippen molar-refractivity contribution in [3.05, 3.63) is 17.7 Å². The average Bonchev–Trinajstić information content (AvgIpc) is 2.52. The number of rotatable bonds is 7. The zero-order valence-corrected chi connectivity index (χ0v) is 12.8. The zero-order chi connectivity index (χ0) is 16.9. The van der Waals surface area contributed by atoms with E-state index in [2.05, 4.69) is 4.74 Å². The van der Waals surface area contributed by atoms with Gasteiger partial charge < -0.3 is 24.7 Å². The van der Waals surface area contributed by atoms with E-state index in [-0.39, 0.29) is 23.7 Å². The summed E-state index contributed by atoms with van der Waals surface area (Å²) < 4.78 is 47.8. The van der Waals surface area contributed by atoms with Crippen LogP contribution in [0, 0.1) is 0 Å². The van der Waals surface area contributed by atoms with Crippen LogP contribution in [0.3, 0.4) is 0 Å². The number of halogens is 2. The lowest BCUT2D eigenvalue weighted by Crippen LogP contribution is -2.42. The predicted molar refractivity (Wildman–Crippen MR) is 74.6 cm³/mol. The lowest BCUT2D eigenvalue weighted by Gasteiger charge is -2.25. The summed E-state index contributed by atoms with van der Waals surface area (Å²) in [4.78, 5) is 11.4. The van der Waals surface area contributed by atoms with Gasteiger partial charge in [-0.25, -0.2) is 4.79 Å². The lowest BCUT2D eigenvalue weighted by molar-refractivity contribution is -0.174. The van der Waals surface area contributed by atoms with Crippen LogP contribution in [0.5, 0.6) is 17.2 Å². The van der Waals surface area contributed by atoms with Gasteiger partial charge in [-0.15, -0.1) is 0 Å². The van der Waals surface area contributed by atoms with Crippen LogP contribution in [0.2, 0.25) is 0 Å². The molecule has 0 aliphatic rings. The number of alkyl halides is 2. The van der Waals surface area contributed by atoms with Gasteiger partial charge in [0, 0.05) is 12.1 Å². The van der Waals surface area contributed by atoms with Gasteiger partial charge in [-0.3, -0.25) is 0 Å². The molecule has 1 aromatic rings. The van der Waals surface area contributed by atoms with Crippen molar-refractivity contribution >= 4 is 5.97 Å². The molecule has 1 rings (SSSR count). The molecule has 124 valence electrons. The molecule has 0 saturated carbocycles. The van der Waals surface area contributed by atoms with Crippen molar-refractivity contribution in [1.29, 1.82) is 0 Å². The SMILES string of the molecule is CCOC(=O)C(F)(F)[C@@H](N)c1c(OC)cc(OC)cc1OC. The Balaban J connectivity index is 3.37. The summed E-state index contributed by atoms with van der Waals surface area (Å²) in [5, 5.41) is 0. The summed E-state index contributed by atoms with van der Waals surface area (Å²) in [7, 11) is 3.97. The molecule has 0 aliphatic heterocycles. The fourth-order valence-corrected chi connectivity index (χ4v) is 1.87. The van der Waals surface area contributed by atoms with Gasteiger partial charge in [0.1, 0.15) is 23.3 Å². The Morgan fingerprint density at radius 2 is 1.68 bits per heavy atom. The van der Waals surface area contributed by atoms with E-state index >= 15 is 0 Å². The Morgan fingerprint density at radius 1 is 1.18 bits per heavy atom. The molecule has 22 heavy (non-hydrogen) atoms. The highest BCUT2D eigenvalue weighted by Gasteiger charge is 2.49. The first-order valence-electron chi connectivity index (χ1n) is 6.43. The molecule has 1 aromatic carbocycles. The lowest BCUT2D eigenvalue weighted by atomic mass is 9.98. The van der Waals surface area contributed by atoms with Crippen molar-refractivity contribution in [2.45, 2.75) is 18.9 Å². The second kappa shape index (κ2) is 7.26. The molecular weight excluding hydrogens is 300 g/mol. The van der Waals surface area contributed by atoms with Gasteiger partial charge in [-0.05, 0) is 6.92 Å². The topological polar surface area (TPSA) is 80.0 Å². The summed E-state index contributed by atoms with van der Waals surface area (Å²) >= 11 is 0. The summed E-state index contributed by atoms with van der Waals surface area (Å²) in [6, 6.07) is 0.750. The van der Waals surface area contributed by atoms with Gasteiger partial charge in [0.25, 0.3) is 0 Å². The number of esters is 1. The molecule has 0 fully saturated rings. The largest absolute Gasteiger partial charge is 0.496 e. The van der Waals surface area contributed by atoms with E-state index in [1.54, 1.807) is 0 Å². The highest BCUT2D eigenvalue weighted by molar-refractivity contribution is 5.79. The number of nitrogens with two attached hydrogens (primary N) is 1. The molecule has 8 heteroatoms. The minimum Gasteiger partial charge on any atom is -0.496 e. The van der Waals surface area contributed by atoms with E-state index in [1.807, 2.05) is 0 Å². The quantitative estimate of drug-likeness (QED) is 0.773. The van der Waals surface area contributed by atoms with Crippen molar-refractivity contribution in [3.63, 3.8) is 0 Å². The van der Waals surface area contributed by atoms with Crippen molar-refractivity contribution in [3.8, 4) is 17.2 Å². The van der Waals surface area contributed by atoms with E-state index in [9.17, 15) is 13.6 Å². The zero-order valence-electron chi connectivity index (χ0n) is 12.8. The number of hydrogen-bond acceptors (Lipinski definition) is 6. The minimum atomic E-state index is -3.94. The maximum atomic E-state index is 14.2. The number of benzene rings is 1. The van der Waals surface area contributed by atoms with E-state index in [1.165, 1.54) is 40.4 Å². The van der Waals surface area contributed by atoms with Crippen molar-refractivity contribution < 1.29 is 32.5 Å². The van der Waals surface area contributed by atoms with Crippen LogP contribution in [0.4, 0.5) is 8.78 Å². The first kappa shape index (κ1) is 18.0. The molecule has 6 nitrogen and oxygen atoms in total. The van der Waals surface area contributed by atoms with Crippen molar-refractivity contribution in [1.82, 2.24) is 0 Å². The number of carbonyl (C=O) groups excluding carboxylic acids is 1. The molecule has 1 atom stereocenters. The third-order valence-electron chi connectivity index (χ3n) is 3.00. The van der Waals surface area contributed by atoms with Gasteiger partial charge in [0.05, 0.1) is 33.5 Å². The Kier molecular flexibility index (Phi) is 5.92. The highest BCUT2D eigenvalue weighted by atomic mass is 19.3. The second-order valence-electron chi connectivity index (χ2n) is 4.27. The third kappa shape index (κ3) is 3.38. The normalized spacial score (nSPS) is 12.5. The average molecular weight is 319 g/mol. The van der Waals surface area contributed by atoms with Crippen LogP contribution >= 0.6 is 0 Å². The number of ether oxygens (including phenoxy) is 4. The summed E-state index contributed by atoms with van der Waals surface area (Å²) in [6.45, 7) is 1.24. The Morgan fingerprint density at radius 3 is 2.05 bits per heavy atom. The number of methoxy groups -OCH3 is 3. The van der Waals surface area contributed by atoms with Crippen LogP contribution in [0.15, 0.2) is 12.1 Å². The minimum absolute atomic E-state index is 0.0210. The molecule has 2 N–H and O–H groups in total. The van der Waals surface area contributed by atoms with Crippen LogP contribution in [-0.4, -0.2) is 39.8 Å². The standard InChI is InChI=1S/C14H19F2NO5/c1-5-22-13(18)14(15,16)12(17)11-9(20-3)6-8(19-2)7-10(11)21-4/h6-7,12H,5,17H2,1-4H3/t12-/m0/s1. The van der Waals surface area contributed by atoms with E-state index in [0.29, 0.717) is 5.75 Å². The van der Waals surface area contributed by atoms with Crippen LogP contribution in [0.25, 0.3) is 0 Å². The van der Waals surface area contributed by atoms with E-state index < -0.39 is 17.9 Å². The molecule has 0 bridgehead atoms. The molecule has 0 unspecified atom stereocenters. The fraction of sp³-hybridized carbons (Fsp3) is 0.500. The summed E-state index contributed by atoms with van der Waals surface area (Å²) in [5.74, 6) is -5.27. The predicted octanol–water partition coefficient (Wildman–Crippen LogP) is 1.91. The smallest absolute Gasteiger partial charge is 0.379 e. The Hall–Kier alpha value is -2.09. The second-order valence-corrected chi connectivity index (χ2v) is 4.27. The maximum Gasteiger partial charge on any atom is 0.379 e. The molecule has 0 saturated heterocycles. The maximum absolute atomic E-state index is 14.2. The van der Waals surface area contributed by atoms with Gasteiger partial charge in [-0.2, -0.15) is 8.78 Å². The summed E-state index contributed by atoms with van der Waals surface area (Å²) in [5.41, 5.74) is 5.45. The monoisotopic (exact) mass is 319 g/mol. The molecule has 0 aliphatic carbocycles. The molecule has 0 radical (unpaired) electrons. The molecule has 0 heterocycles. The van der Waals surface area contributed by atoms with Crippen LogP contribution in [-0.2, 0) is 9.53 Å². The third-order valence-corrected chi connectivity index (χ3v) is 3.00. The Labute approximate surface area is 127 Å². The summed E-state index contributed by atoms with van der Waals surface area (Å²) in [6.07, 6.45) is 0. The highest BCUT2D eigenvalue weighted by Crippen LogP contribution is 2.43. The van der Waals surface area contributed by atoms with Gasteiger partial charge in [0.2, 0.25) is 0 Å². The van der Waals surface area contributed by atoms with Gasteiger partial charge in [-0.1, -0.05) is 0 Å². The van der Waals surface area contributed by atoms with Crippen molar-refractivity contribution in [2.24, 2.45) is 5.73 Å². The van der Waals surface area contributed by atoms with Crippen molar-refractivity contribution in [2.75, 3.05) is 27.9 Å². The van der Waals surface area contributed by atoms with Gasteiger partial charge >= 0.3 is 11.9 Å². The molecule has 0 spiro atoms. The molecule has 0 amide bonds. The Bertz CT molecular complexity index is 511. The van der Waals surface area contributed by atoms with Crippen LogP contribution < -0.4 is 19.9 Å².